The molecule has 7 heteroatoms. The number of benzene rings is 1. The standard InChI is InChI=1S/C20H19ClN4O2/c1-12(4-7-18-23-11-14(10-22)19(24-18)27-3)16-9-13-8-15(21)5-6-17(13)25(2)20(16)26/h5-6,8-9,11-12H,4,7H2,1-3H3/t12-/m1/s1. The van der Waals surface area contributed by atoms with E-state index in [9.17, 15) is 4.79 Å². The predicted molar refractivity (Wildman–Crippen MR) is 104 cm³/mol. The average Bonchev–Trinajstić information content (AvgIpc) is 2.68. The number of rotatable bonds is 5. The molecule has 1 aromatic carbocycles. The second kappa shape index (κ2) is 7.77. The third kappa shape index (κ3) is 3.79. The van der Waals surface area contributed by atoms with Crippen LogP contribution in [0.5, 0.6) is 5.88 Å². The van der Waals surface area contributed by atoms with Gasteiger partial charge in [0.15, 0.2) is 0 Å². The molecule has 0 saturated heterocycles. The van der Waals surface area contributed by atoms with Crippen LogP contribution in [0.1, 0.15) is 36.2 Å². The quantitative estimate of drug-likeness (QED) is 0.673. The minimum atomic E-state index is -0.0179. The van der Waals surface area contributed by atoms with Crippen LogP contribution in [0, 0.1) is 11.3 Å². The largest absolute Gasteiger partial charge is 0.480 e. The minimum absolute atomic E-state index is 0.0114. The van der Waals surface area contributed by atoms with Gasteiger partial charge >= 0.3 is 0 Å². The number of nitriles is 1. The molecule has 0 unspecified atom stereocenters. The molecule has 0 N–H and O–H groups in total. The topological polar surface area (TPSA) is 80.8 Å². The Balaban J connectivity index is 1.86. The van der Waals surface area contributed by atoms with E-state index >= 15 is 0 Å². The fourth-order valence-corrected chi connectivity index (χ4v) is 3.27. The third-order valence-electron chi connectivity index (χ3n) is 4.66. The molecule has 3 rings (SSSR count). The smallest absolute Gasteiger partial charge is 0.254 e. The number of methoxy groups -OCH3 is 1. The summed E-state index contributed by atoms with van der Waals surface area (Å²) in [7, 11) is 3.24. The van der Waals surface area contributed by atoms with Crippen LogP contribution < -0.4 is 10.3 Å². The van der Waals surface area contributed by atoms with Crippen molar-refractivity contribution in [3.05, 3.63) is 62.8 Å². The zero-order valence-electron chi connectivity index (χ0n) is 15.4. The maximum Gasteiger partial charge on any atom is 0.254 e. The highest BCUT2D eigenvalue weighted by atomic mass is 35.5. The minimum Gasteiger partial charge on any atom is -0.480 e. The third-order valence-corrected chi connectivity index (χ3v) is 4.90. The van der Waals surface area contributed by atoms with Gasteiger partial charge in [-0.3, -0.25) is 4.79 Å². The summed E-state index contributed by atoms with van der Waals surface area (Å²) in [5.74, 6) is 0.863. The van der Waals surface area contributed by atoms with Gasteiger partial charge in [-0.25, -0.2) is 4.98 Å². The van der Waals surface area contributed by atoms with Crippen LogP contribution in [0.3, 0.4) is 0 Å². The molecule has 2 aromatic heterocycles. The van der Waals surface area contributed by atoms with Gasteiger partial charge < -0.3 is 9.30 Å². The summed E-state index contributed by atoms with van der Waals surface area (Å²) in [6, 6.07) is 9.40. The van der Waals surface area contributed by atoms with Gasteiger partial charge in [0.25, 0.3) is 5.56 Å². The van der Waals surface area contributed by atoms with Gasteiger partial charge in [-0.05, 0) is 36.6 Å². The molecule has 3 aromatic rings. The Morgan fingerprint density at radius 3 is 2.85 bits per heavy atom. The van der Waals surface area contributed by atoms with E-state index in [1.54, 1.807) is 17.7 Å². The summed E-state index contributed by atoms with van der Waals surface area (Å²) in [6.45, 7) is 2.01. The molecule has 0 saturated carbocycles. The number of ether oxygens (including phenoxy) is 1. The van der Waals surface area contributed by atoms with Crippen LogP contribution in [-0.2, 0) is 13.5 Å². The zero-order chi connectivity index (χ0) is 19.6. The first-order valence-electron chi connectivity index (χ1n) is 8.53. The van der Waals surface area contributed by atoms with E-state index in [0.29, 0.717) is 29.3 Å². The van der Waals surface area contributed by atoms with E-state index in [1.807, 2.05) is 31.2 Å². The summed E-state index contributed by atoms with van der Waals surface area (Å²) in [4.78, 5) is 21.2. The Hall–Kier alpha value is -2.91. The van der Waals surface area contributed by atoms with Crippen LogP contribution in [0.15, 0.2) is 35.3 Å². The van der Waals surface area contributed by atoms with Crippen molar-refractivity contribution >= 4 is 22.5 Å². The second-order valence-electron chi connectivity index (χ2n) is 6.43. The molecular formula is C20H19ClN4O2. The molecule has 1 atom stereocenters. The number of fused-ring (bicyclic) bond motifs is 1. The van der Waals surface area contributed by atoms with Crippen molar-refractivity contribution in [2.45, 2.75) is 25.7 Å². The molecule has 6 nitrogen and oxygen atoms in total. The first-order valence-corrected chi connectivity index (χ1v) is 8.91. The normalized spacial score (nSPS) is 12.0. The van der Waals surface area contributed by atoms with Crippen molar-refractivity contribution in [1.29, 1.82) is 5.26 Å². The van der Waals surface area contributed by atoms with Gasteiger partial charge in [0, 0.05) is 29.4 Å². The van der Waals surface area contributed by atoms with Crippen LogP contribution >= 0.6 is 11.6 Å². The van der Waals surface area contributed by atoms with Crippen LogP contribution in [-0.4, -0.2) is 21.6 Å². The van der Waals surface area contributed by atoms with Crippen LogP contribution in [0.25, 0.3) is 10.9 Å². The molecule has 0 bridgehead atoms. The Morgan fingerprint density at radius 1 is 1.37 bits per heavy atom. The number of halogens is 1. The lowest BCUT2D eigenvalue weighted by Crippen LogP contribution is -2.23. The lowest BCUT2D eigenvalue weighted by molar-refractivity contribution is 0.392. The highest BCUT2D eigenvalue weighted by molar-refractivity contribution is 6.31. The van der Waals surface area contributed by atoms with E-state index in [-0.39, 0.29) is 17.4 Å². The van der Waals surface area contributed by atoms with Crippen molar-refractivity contribution in [2.24, 2.45) is 7.05 Å². The van der Waals surface area contributed by atoms with Crippen molar-refractivity contribution in [1.82, 2.24) is 14.5 Å². The van der Waals surface area contributed by atoms with E-state index in [4.69, 9.17) is 21.6 Å². The van der Waals surface area contributed by atoms with E-state index < -0.39 is 0 Å². The number of hydrogen-bond acceptors (Lipinski definition) is 5. The van der Waals surface area contributed by atoms with Gasteiger partial charge in [0.2, 0.25) is 5.88 Å². The monoisotopic (exact) mass is 382 g/mol. The van der Waals surface area contributed by atoms with Gasteiger partial charge in [-0.2, -0.15) is 10.2 Å². The Kier molecular flexibility index (Phi) is 5.43. The number of nitrogens with zero attached hydrogens (tertiary/aromatic N) is 4. The molecule has 0 radical (unpaired) electrons. The van der Waals surface area contributed by atoms with Gasteiger partial charge in [0.1, 0.15) is 17.5 Å². The first kappa shape index (κ1) is 18.9. The fourth-order valence-electron chi connectivity index (χ4n) is 3.09. The van der Waals surface area contributed by atoms with Crippen LogP contribution in [0.4, 0.5) is 0 Å². The van der Waals surface area contributed by atoms with Gasteiger partial charge in [-0.1, -0.05) is 18.5 Å². The number of aryl methyl sites for hydroxylation is 2. The maximum absolute atomic E-state index is 12.7. The molecule has 2 heterocycles. The second-order valence-corrected chi connectivity index (χ2v) is 6.86. The van der Waals surface area contributed by atoms with Crippen LogP contribution in [0.2, 0.25) is 5.02 Å². The Labute approximate surface area is 162 Å². The molecule has 0 aliphatic heterocycles. The summed E-state index contributed by atoms with van der Waals surface area (Å²) >= 11 is 6.10. The average molecular weight is 383 g/mol. The number of hydrogen-bond donors (Lipinski definition) is 0. The Morgan fingerprint density at radius 2 is 2.15 bits per heavy atom. The molecule has 27 heavy (non-hydrogen) atoms. The predicted octanol–water partition coefficient (Wildman–Crippen LogP) is 3.60. The maximum atomic E-state index is 12.7. The summed E-state index contributed by atoms with van der Waals surface area (Å²) in [6.07, 6.45) is 2.72. The highest BCUT2D eigenvalue weighted by Crippen LogP contribution is 2.24. The summed E-state index contributed by atoms with van der Waals surface area (Å²) < 4.78 is 6.77. The van der Waals surface area contributed by atoms with Gasteiger partial charge in [0.05, 0.1) is 18.8 Å². The molecule has 0 spiro atoms. The summed E-state index contributed by atoms with van der Waals surface area (Å²) in [5.41, 5.74) is 1.86. The number of aromatic nitrogens is 3. The molecule has 0 amide bonds. The Bertz CT molecular complexity index is 1100. The number of pyridine rings is 1. The highest BCUT2D eigenvalue weighted by Gasteiger charge is 2.15. The van der Waals surface area contributed by atoms with Crippen molar-refractivity contribution in [3.63, 3.8) is 0 Å². The zero-order valence-corrected chi connectivity index (χ0v) is 16.1. The lowest BCUT2D eigenvalue weighted by atomic mass is 9.95. The molecule has 0 fully saturated rings. The molecule has 138 valence electrons. The van der Waals surface area contributed by atoms with E-state index in [1.165, 1.54) is 13.3 Å². The van der Waals surface area contributed by atoms with E-state index in [0.717, 1.165) is 16.5 Å². The summed E-state index contributed by atoms with van der Waals surface area (Å²) in [5, 5.41) is 10.6. The molecular weight excluding hydrogens is 364 g/mol. The molecule has 0 aliphatic rings. The SMILES string of the molecule is COc1nc(CC[C@@H](C)c2cc3cc(Cl)ccc3n(C)c2=O)ncc1C#N. The fraction of sp³-hybridized carbons (Fsp3) is 0.300. The van der Waals surface area contributed by atoms with E-state index in [2.05, 4.69) is 9.97 Å². The first-order chi connectivity index (χ1) is 12.9. The molecule has 0 aliphatic carbocycles. The van der Waals surface area contributed by atoms with Crippen molar-refractivity contribution in [2.75, 3.05) is 7.11 Å². The lowest BCUT2D eigenvalue weighted by Gasteiger charge is -2.14. The van der Waals surface area contributed by atoms with Crippen molar-refractivity contribution in [3.8, 4) is 11.9 Å². The van der Waals surface area contributed by atoms with Gasteiger partial charge in [-0.15, -0.1) is 0 Å². The van der Waals surface area contributed by atoms with Crippen molar-refractivity contribution < 1.29 is 4.74 Å².